The third kappa shape index (κ3) is 3.85. The van der Waals surface area contributed by atoms with Gasteiger partial charge in [-0.25, -0.2) is 4.79 Å². The van der Waals surface area contributed by atoms with E-state index in [1.165, 1.54) is 0 Å². The van der Waals surface area contributed by atoms with Crippen LogP contribution >= 0.6 is 0 Å². The second kappa shape index (κ2) is 7.26. The summed E-state index contributed by atoms with van der Waals surface area (Å²) < 4.78 is 5.06. The average Bonchev–Trinajstić information content (AvgIpc) is 2.55. The third-order valence-electron chi connectivity index (χ3n) is 3.16. The SMILES string of the molecule is CCN(C(=O)COC(=O)c1ccc(N)cc1)c1ccccc1. The highest BCUT2D eigenvalue weighted by Crippen LogP contribution is 2.13. The standard InChI is InChI=1S/C17H18N2O3/c1-2-19(15-6-4-3-5-7-15)16(20)12-22-17(21)13-8-10-14(18)11-9-13/h3-11H,2,12,18H2,1H3. The number of benzene rings is 2. The van der Waals surface area contributed by atoms with Crippen molar-refractivity contribution in [1.82, 2.24) is 0 Å². The first kappa shape index (κ1) is 15.6. The fourth-order valence-corrected chi connectivity index (χ4v) is 2.02. The van der Waals surface area contributed by atoms with E-state index in [1.807, 2.05) is 37.3 Å². The molecule has 5 nitrogen and oxygen atoms in total. The Bertz CT molecular complexity index is 639. The van der Waals surface area contributed by atoms with Gasteiger partial charge in [-0.3, -0.25) is 4.79 Å². The molecular weight excluding hydrogens is 280 g/mol. The van der Waals surface area contributed by atoms with E-state index in [0.717, 1.165) is 5.69 Å². The molecule has 114 valence electrons. The number of amides is 1. The number of likely N-dealkylation sites (N-methyl/N-ethyl adjacent to an activating group) is 1. The second-order valence-corrected chi connectivity index (χ2v) is 4.67. The third-order valence-corrected chi connectivity index (χ3v) is 3.16. The van der Waals surface area contributed by atoms with Crippen molar-refractivity contribution in [3.8, 4) is 0 Å². The van der Waals surface area contributed by atoms with Crippen molar-refractivity contribution in [2.45, 2.75) is 6.92 Å². The van der Waals surface area contributed by atoms with Crippen LogP contribution in [-0.2, 0) is 9.53 Å². The van der Waals surface area contributed by atoms with Crippen molar-refractivity contribution in [2.24, 2.45) is 0 Å². The lowest BCUT2D eigenvalue weighted by atomic mass is 10.2. The van der Waals surface area contributed by atoms with E-state index in [0.29, 0.717) is 17.8 Å². The number of anilines is 2. The average molecular weight is 298 g/mol. The molecule has 0 unspecified atom stereocenters. The smallest absolute Gasteiger partial charge is 0.338 e. The van der Waals surface area contributed by atoms with Crippen LogP contribution in [0.2, 0.25) is 0 Å². The van der Waals surface area contributed by atoms with Crippen LogP contribution in [-0.4, -0.2) is 25.0 Å². The monoisotopic (exact) mass is 298 g/mol. The van der Waals surface area contributed by atoms with E-state index in [-0.39, 0.29) is 12.5 Å². The number of hydrogen-bond donors (Lipinski definition) is 1. The van der Waals surface area contributed by atoms with Gasteiger partial charge < -0.3 is 15.4 Å². The zero-order valence-electron chi connectivity index (χ0n) is 12.4. The molecule has 0 heterocycles. The Hall–Kier alpha value is -2.82. The molecule has 0 atom stereocenters. The maximum absolute atomic E-state index is 12.2. The Balaban J connectivity index is 1.96. The molecule has 2 aromatic carbocycles. The lowest BCUT2D eigenvalue weighted by molar-refractivity contribution is -0.121. The molecule has 0 saturated carbocycles. The van der Waals surface area contributed by atoms with Gasteiger partial charge in [-0.1, -0.05) is 18.2 Å². The molecule has 0 bridgehead atoms. The van der Waals surface area contributed by atoms with Crippen LogP contribution in [0.1, 0.15) is 17.3 Å². The van der Waals surface area contributed by atoms with Crippen molar-refractivity contribution in [3.63, 3.8) is 0 Å². The fourth-order valence-electron chi connectivity index (χ4n) is 2.02. The summed E-state index contributed by atoms with van der Waals surface area (Å²) in [6.07, 6.45) is 0. The van der Waals surface area contributed by atoms with E-state index in [1.54, 1.807) is 29.2 Å². The first-order valence-corrected chi connectivity index (χ1v) is 7.00. The van der Waals surface area contributed by atoms with Gasteiger partial charge in [-0.05, 0) is 43.3 Å². The summed E-state index contributed by atoms with van der Waals surface area (Å²) in [6, 6.07) is 15.6. The van der Waals surface area contributed by atoms with Gasteiger partial charge >= 0.3 is 5.97 Å². The van der Waals surface area contributed by atoms with Crippen LogP contribution in [0.15, 0.2) is 54.6 Å². The summed E-state index contributed by atoms with van der Waals surface area (Å²) in [5.41, 5.74) is 7.26. The zero-order valence-corrected chi connectivity index (χ0v) is 12.4. The number of ether oxygens (including phenoxy) is 1. The van der Waals surface area contributed by atoms with Crippen LogP contribution < -0.4 is 10.6 Å². The van der Waals surface area contributed by atoms with Gasteiger partial charge in [-0.2, -0.15) is 0 Å². The van der Waals surface area contributed by atoms with Crippen molar-refractivity contribution in [3.05, 3.63) is 60.2 Å². The summed E-state index contributed by atoms with van der Waals surface area (Å²) >= 11 is 0. The summed E-state index contributed by atoms with van der Waals surface area (Å²) in [4.78, 5) is 25.6. The summed E-state index contributed by atoms with van der Waals surface area (Å²) in [6.45, 7) is 2.07. The van der Waals surface area contributed by atoms with Crippen LogP contribution in [0.5, 0.6) is 0 Å². The normalized spacial score (nSPS) is 10.0. The van der Waals surface area contributed by atoms with Gasteiger partial charge in [0.25, 0.3) is 5.91 Å². The molecule has 0 saturated heterocycles. The molecule has 0 aliphatic carbocycles. The van der Waals surface area contributed by atoms with Crippen LogP contribution in [0, 0.1) is 0 Å². The Morgan fingerprint density at radius 3 is 2.27 bits per heavy atom. The minimum atomic E-state index is -0.544. The van der Waals surface area contributed by atoms with Gasteiger partial charge in [0.15, 0.2) is 6.61 Å². The number of para-hydroxylation sites is 1. The second-order valence-electron chi connectivity index (χ2n) is 4.67. The molecular formula is C17H18N2O3. The predicted molar refractivity (Wildman–Crippen MR) is 85.6 cm³/mol. The highest BCUT2D eigenvalue weighted by atomic mass is 16.5. The molecule has 0 fully saturated rings. The van der Waals surface area contributed by atoms with Gasteiger partial charge in [0.05, 0.1) is 5.56 Å². The molecule has 0 spiro atoms. The Labute approximate surface area is 129 Å². The number of nitrogen functional groups attached to an aromatic ring is 1. The van der Waals surface area contributed by atoms with E-state index in [9.17, 15) is 9.59 Å². The van der Waals surface area contributed by atoms with E-state index < -0.39 is 5.97 Å². The molecule has 0 aliphatic rings. The molecule has 0 aromatic heterocycles. The number of carbonyl (C=O) groups is 2. The topological polar surface area (TPSA) is 72.6 Å². The van der Waals surface area contributed by atoms with Gasteiger partial charge in [0, 0.05) is 17.9 Å². The number of carbonyl (C=O) groups excluding carboxylic acids is 2. The van der Waals surface area contributed by atoms with Crippen molar-refractivity contribution in [1.29, 1.82) is 0 Å². The van der Waals surface area contributed by atoms with Crippen molar-refractivity contribution >= 4 is 23.3 Å². The minimum Gasteiger partial charge on any atom is -0.452 e. The first-order chi connectivity index (χ1) is 10.6. The maximum atomic E-state index is 12.2. The minimum absolute atomic E-state index is 0.266. The molecule has 5 heteroatoms. The number of nitrogens with two attached hydrogens (primary N) is 1. The van der Waals surface area contributed by atoms with Crippen molar-refractivity contribution < 1.29 is 14.3 Å². The highest BCUT2D eigenvalue weighted by Gasteiger charge is 2.16. The van der Waals surface area contributed by atoms with Gasteiger partial charge in [-0.15, -0.1) is 0 Å². The quantitative estimate of drug-likeness (QED) is 0.680. The zero-order chi connectivity index (χ0) is 15.9. The molecule has 0 radical (unpaired) electrons. The maximum Gasteiger partial charge on any atom is 0.338 e. The Morgan fingerprint density at radius 1 is 1.05 bits per heavy atom. The summed E-state index contributed by atoms with van der Waals surface area (Å²) in [5.74, 6) is -0.810. The van der Waals surface area contributed by atoms with Gasteiger partial charge in [0.1, 0.15) is 0 Å². The van der Waals surface area contributed by atoms with Crippen LogP contribution in [0.25, 0.3) is 0 Å². The number of rotatable bonds is 5. The number of hydrogen-bond acceptors (Lipinski definition) is 4. The van der Waals surface area contributed by atoms with Gasteiger partial charge in [0.2, 0.25) is 0 Å². The predicted octanol–water partition coefficient (Wildman–Crippen LogP) is 2.48. The lowest BCUT2D eigenvalue weighted by Crippen LogP contribution is -2.34. The molecule has 1 amide bonds. The highest BCUT2D eigenvalue weighted by molar-refractivity contribution is 5.97. The van der Waals surface area contributed by atoms with E-state index >= 15 is 0 Å². The summed E-state index contributed by atoms with van der Waals surface area (Å²) in [5, 5.41) is 0. The molecule has 22 heavy (non-hydrogen) atoms. The lowest BCUT2D eigenvalue weighted by Gasteiger charge is -2.20. The van der Waals surface area contributed by atoms with Crippen LogP contribution in [0.3, 0.4) is 0 Å². The van der Waals surface area contributed by atoms with E-state index in [2.05, 4.69) is 0 Å². The number of esters is 1. The largest absolute Gasteiger partial charge is 0.452 e. The van der Waals surface area contributed by atoms with Crippen LogP contribution in [0.4, 0.5) is 11.4 Å². The molecule has 2 N–H and O–H groups in total. The molecule has 2 rings (SSSR count). The Kier molecular flexibility index (Phi) is 5.14. The fraction of sp³-hybridized carbons (Fsp3) is 0.176. The van der Waals surface area contributed by atoms with E-state index in [4.69, 9.17) is 10.5 Å². The number of nitrogens with zero attached hydrogens (tertiary/aromatic N) is 1. The molecule has 0 aliphatic heterocycles. The van der Waals surface area contributed by atoms with Crippen molar-refractivity contribution in [2.75, 3.05) is 23.8 Å². The Morgan fingerprint density at radius 2 is 1.68 bits per heavy atom. The first-order valence-electron chi connectivity index (χ1n) is 7.00. The molecule has 2 aromatic rings. The summed E-state index contributed by atoms with van der Waals surface area (Å²) in [7, 11) is 0.